The van der Waals surface area contributed by atoms with Crippen LogP contribution >= 0.6 is 23.2 Å². The van der Waals surface area contributed by atoms with E-state index in [1.54, 1.807) is 12.1 Å². The number of fused-ring (bicyclic) bond motifs is 1. The van der Waals surface area contributed by atoms with Gasteiger partial charge in [-0.3, -0.25) is 4.79 Å². The van der Waals surface area contributed by atoms with E-state index in [9.17, 15) is 4.79 Å². The zero-order valence-corrected chi connectivity index (χ0v) is 8.95. The smallest absolute Gasteiger partial charge is 0.166 e. The molecule has 0 saturated carbocycles. The van der Waals surface area contributed by atoms with Gasteiger partial charge in [-0.15, -0.1) is 0 Å². The summed E-state index contributed by atoms with van der Waals surface area (Å²) in [4.78, 5) is 11.7. The molecule has 1 aromatic carbocycles. The topological polar surface area (TPSA) is 29.1 Å². The van der Waals surface area contributed by atoms with Crippen LogP contribution < -0.4 is 5.32 Å². The lowest BCUT2D eigenvalue weighted by molar-refractivity contribution is 0.0984. The fourth-order valence-electron chi connectivity index (χ4n) is 1.58. The summed E-state index contributed by atoms with van der Waals surface area (Å²) in [6.07, 6.45) is 1.35. The number of hydrogen-bond donors (Lipinski definition) is 1. The molecule has 1 aromatic rings. The Morgan fingerprint density at radius 2 is 1.93 bits per heavy atom. The molecule has 1 heterocycles. The first-order chi connectivity index (χ1) is 6.70. The molecular formula is C10H9Cl2NO. The number of benzene rings is 1. The van der Waals surface area contributed by atoms with Crippen LogP contribution in [-0.4, -0.2) is 12.3 Å². The lowest BCUT2D eigenvalue weighted by Crippen LogP contribution is -2.02. The van der Waals surface area contributed by atoms with Crippen LogP contribution in [0, 0.1) is 0 Å². The van der Waals surface area contributed by atoms with Crippen molar-refractivity contribution in [3.05, 3.63) is 27.7 Å². The molecule has 0 spiro atoms. The molecule has 0 fully saturated rings. The summed E-state index contributed by atoms with van der Waals surface area (Å²) in [5.41, 5.74) is 1.22. The predicted octanol–water partition coefficient (Wildman–Crippen LogP) is 3.38. The Morgan fingerprint density at radius 3 is 2.71 bits per heavy atom. The Labute approximate surface area is 92.2 Å². The highest BCUT2D eigenvalue weighted by Crippen LogP contribution is 2.34. The van der Waals surface area contributed by atoms with Gasteiger partial charge in [0, 0.05) is 13.0 Å². The predicted molar refractivity (Wildman–Crippen MR) is 58.5 cm³/mol. The second-order valence-corrected chi connectivity index (χ2v) is 4.05. The van der Waals surface area contributed by atoms with Gasteiger partial charge in [-0.2, -0.15) is 0 Å². The SMILES string of the molecule is O=C1CCCNc2c(Cl)ccc(Cl)c21. The van der Waals surface area contributed by atoms with Crippen molar-refractivity contribution in [3.8, 4) is 0 Å². The van der Waals surface area contributed by atoms with E-state index in [1.807, 2.05) is 0 Å². The van der Waals surface area contributed by atoms with Crippen molar-refractivity contribution in [1.29, 1.82) is 0 Å². The molecule has 0 saturated heterocycles. The average molecular weight is 230 g/mol. The van der Waals surface area contributed by atoms with Gasteiger partial charge < -0.3 is 5.32 Å². The molecule has 0 amide bonds. The summed E-state index contributed by atoms with van der Waals surface area (Å²) in [6, 6.07) is 3.36. The summed E-state index contributed by atoms with van der Waals surface area (Å²) in [7, 11) is 0. The number of nitrogens with one attached hydrogen (secondary N) is 1. The number of anilines is 1. The van der Waals surface area contributed by atoms with Crippen molar-refractivity contribution in [2.75, 3.05) is 11.9 Å². The third-order valence-electron chi connectivity index (χ3n) is 2.26. The van der Waals surface area contributed by atoms with Crippen molar-refractivity contribution in [2.45, 2.75) is 12.8 Å². The summed E-state index contributed by atoms with van der Waals surface area (Å²) in [5.74, 6) is 0.0671. The summed E-state index contributed by atoms with van der Waals surface area (Å²) in [5, 5.41) is 4.16. The number of halogens is 2. The molecule has 1 aliphatic rings. The molecule has 2 rings (SSSR count). The fraction of sp³-hybridized carbons (Fsp3) is 0.300. The Kier molecular flexibility index (Phi) is 2.66. The molecule has 1 N–H and O–H groups in total. The molecule has 4 heteroatoms. The van der Waals surface area contributed by atoms with Crippen LogP contribution in [0.15, 0.2) is 12.1 Å². The second-order valence-electron chi connectivity index (χ2n) is 3.23. The zero-order chi connectivity index (χ0) is 10.1. The zero-order valence-electron chi connectivity index (χ0n) is 7.44. The molecule has 2 nitrogen and oxygen atoms in total. The minimum atomic E-state index is 0.0671. The lowest BCUT2D eigenvalue weighted by atomic mass is 10.1. The summed E-state index contributed by atoms with van der Waals surface area (Å²) < 4.78 is 0. The standard InChI is InChI=1S/C10H9Cl2NO/c11-6-3-4-7(12)10-9(6)8(14)2-1-5-13-10/h3-4,13H,1-2,5H2. The fourth-order valence-corrected chi connectivity index (χ4v) is 2.07. The second kappa shape index (κ2) is 3.79. The summed E-state index contributed by atoms with van der Waals surface area (Å²) in [6.45, 7) is 0.763. The molecule has 74 valence electrons. The number of Topliss-reactive ketones (excluding diaryl/α,β-unsaturated/α-hetero) is 1. The van der Waals surface area contributed by atoms with Gasteiger partial charge in [-0.25, -0.2) is 0 Å². The first-order valence-electron chi connectivity index (χ1n) is 4.45. The Balaban J connectivity index is 2.62. The first kappa shape index (κ1) is 9.81. The van der Waals surface area contributed by atoms with Crippen molar-refractivity contribution >= 4 is 34.7 Å². The van der Waals surface area contributed by atoms with Crippen molar-refractivity contribution in [2.24, 2.45) is 0 Å². The Hall–Kier alpha value is -0.730. The minimum absolute atomic E-state index is 0.0671. The number of rotatable bonds is 0. The van der Waals surface area contributed by atoms with Gasteiger partial charge in [0.2, 0.25) is 0 Å². The van der Waals surface area contributed by atoms with Crippen LogP contribution in [0.3, 0.4) is 0 Å². The molecule has 0 atom stereocenters. The molecule has 0 unspecified atom stereocenters. The van der Waals surface area contributed by atoms with Crippen molar-refractivity contribution in [1.82, 2.24) is 0 Å². The minimum Gasteiger partial charge on any atom is -0.383 e. The molecule has 0 bridgehead atoms. The molecule has 0 radical (unpaired) electrons. The highest BCUT2D eigenvalue weighted by Gasteiger charge is 2.20. The Bertz CT molecular complexity index is 390. The van der Waals surface area contributed by atoms with Crippen LogP contribution in [-0.2, 0) is 0 Å². The van der Waals surface area contributed by atoms with E-state index in [0.29, 0.717) is 27.7 Å². The van der Waals surface area contributed by atoms with E-state index in [-0.39, 0.29) is 5.78 Å². The van der Waals surface area contributed by atoms with Crippen LogP contribution in [0.4, 0.5) is 5.69 Å². The van der Waals surface area contributed by atoms with Crippen LogP contribution in [0.25, 0.3) is 0 Å². The number of carbonyl (C=O) groups is 1. The maximum atomic E-state index is 11.7. The number of ketones is 1. The third-order valence-corrected chi connectivity index (χ3v) is 2.89. The van der Waals surface area contributed by atoms with Gasteiger partial charge in [0.15, 0.2) is 5.78 Å². The quantitative estimate of drug-likeness (QED) is 0.740. The van der Waals surface area contributed by atoms with E-state index in [1.165, 1.54) is 0 Å². The maximum Gasteiger partial charge on any atom is 0.166 e. The van der Waals surface area contributed by atoms with Crippen molar-refractivity contribution < 1.29 is 4.79 Å². The number of carbonyl (C=O) groups excluding carboxylic acids is 1. The largest absolute Gasteiger partial charge is 0.383 e. The molecule has 0 aromatic heterocycles. The van der Waals surface area contributed by atoms with Gasteiger partial charge in [0.1, 0.15) is 0 Å². The van der Waals surface area contributed by atoms with Crippen LogP contribution in [0.2, 0.25) is 10.0 Å². The average Bonchev–Trinajstić information content (AvgIpc) is 2.35. The van der Waals surface area contributed by atoms with Crippen LogP contribution in [0.1, 0.15) is 23.2 Å². The maximum absolute atomic E-state index is 11.7. The highest BCUT2D eigenvalue weighted by molar-refractivity contribution is 6.38. The summed E-state index contributed by atoms with van der Waals surface area (Å²) >= 11 is 11.9. The van der Waals surface area contributed by atoms with Crippen LogP contribution in [0.5, 0.6) is 0 Å². The lowest BCUT2D eigenvalue weighted by Gasteiger charge is -2.09. The monoisotopic (exact) mass is 229 g/mol. The van der Waals surface area contributed by atoms with E-state index in [0.717, 1.165) is 13.0 Å². The highest BCUT2D eigenvalue weighted by atomic mass is 35.5. The molecular weight excluding hydrogens is 221 g/mol. The number of hydrogen-bond acceptors (Lipinski definition) is 2. The first-order valence-corrected chi connectivity index (χ1v) is 5.21. The molecule has 0 aliphatic carbocycles. The van der Waals surface area contributed by atoms with Gasteiger partial charge in [0.05, 0.1) is 21.3 Å². The molecule has 14 heavy (non-hydrogen) atoms. The van der Waals surface area contributed by atoms with E-state index in [2.05, 4.69) is 5.32 Å². The molecule has 1 aliphatic heterocycles. The van der Waals surface area contributed by atoms with Gasteiger partial charge in [-0.1, -0.05) is 23.2 Å². The van der Waals surface area contributed by atoms with E-state index in [4.69, 9.17) is 23.2 Å². The normalized spacial score (nSPS) is 15.7. The van der Waals surface area contributed by atoms with Crippen molar-refractivity contribution in [3.63, 3.8) is 0 Å². The van der Waals surface area contributed by atoms with Gasteiger partial charge in [0.25, 0.3) is 0 Å². The third kappa shape index (κ3) is 1.60. The van der Waals surface area contributed by atoms with E-state index < -0.39 is 0 Å². The van der Waals surface area contributed by atoms with Gasteiger partial charge >= 0.3 is 0 Å². The van der Waals surface area contributed by atoms with E-state index >= 15 is 0 Å². The Morgan fingerprint density at radius 1 is 1.21 bits per heavy atom. The van der Waals surface area contributed by atoms with Gasteiger partial charge in [-0.05, 0) is 18.6 Å².